The van der Waals surface area contributed by atoms with Gasteiger partial charge in [0.2, 0.25) is 10.0 Å². The number of sulfonamides is 2. The first kappa shape index (κ1) is 20.8. The van der Waals surface area contributed by atoms with E-state index in [1.54, 1.807) is 24.3 Å². The Labute approximate surface area is 166 Å². The van der Waals surface area contributed by atoms with Crippen molar-refractivity contribution in [2.45, 2.75) is 29.6 Å². The van der Waals surface area contributed by atoms with Crippen molar-refractivity contribution >= 4 is 25.7 Å². The van der Waals surface area contributed by atoms with Gasteiger partial charge < -0.3 is 4.74 Å². The monoisotopic (exact) mass is 424 g/mol. The standard InChI is InChI=1S/C19H24N2O5S2/c1-15(2)16-6-5-7-17(14-16)27(22,23)20-18-8-3-4-9-19(18)28(24,25)21-10-12-26-13-11-21/h3-9,14-15,20H,10-13H2,1-2H3. The predicted octanol–water partition coefficient (Wildman–Crippen LogP) is 2.63. The van der Waals surface area contributed by atoms with E-state index in [1.165, 1.54) is 22.5 Å². The highest BCUT2D eigenvalue weighted by Gasteiger charge is 2.29. The topological polar surface area (TPSA) is 92.8 Å². The summed E-state index contributed by atoms with van der Waals surface area (Å²) in [5, 5.41) is 0. The van der Waals surface area contributed by atoms with Crippen LogP contribution in [0.5, 0.6) is 0 Å². The lowest BCUT2D eigenvalue weighted by Crippen LogP contribution is -2.40. The van der Waals surface area contributed by atoms with Crippen LogP contribution in [0.4, 0.5) is 5.69 Å². The normalized spacial score (nSPS) is 16.2. The maximum Gasteiger partial charge on any atom is 0.261 e. The summed E-state index contributed by atoms with van der Waals surface area (Å²) in [6, 6.07) is 12.7. The molecule has 2 aromatic carbocycles. The van der Waals surface area contributed by atoms with Gasteiger partial charge in [-0.1, -0.05) is 38.1 Å². The quantitative estimate of drug-likeness (QED) is 0.770. The van der Waals surface area contributed by atoms with Gasteiger partial charge in [0, 0.05) is 13.1 Å². The van der Waals surface area contributed by atoms with Gasteiger partial charge in [-0.3, -0.25) is 4.72 Å². The molecule has 7 nitrogen and oxygen atoms in total. The van der Waals surface area contributed by atoms with Gasteiger partial charge in [-0.05, 0) is 35.7 Å². The number of ether oxygens (including phenoxy) is 1. The molecule has 1 aliphatic rings. The number of hydrogen-bond acceptors (Lipinski definition) is 5. The van der Waals surface area contributed by atoms with Crippen molar-refractivity contribution in [1.29, 1.82) is 0 Å². The average molecular weight is 425 g/mol. The van der Waals surface area contributed by atoms with Crippen LogP contribution in [0.15, 0.2) is 58.3 Å². The van der Waals surface area contributed by atoms with Crippen molar-refractivity contribution in [3.8, 4) is 0 Å². The zero-order valence-electron chi connectivity index (χ0n) is 15.8. The third-order valence-corrected chi connectivity index (χ3v) is 7.87. The van der Waals surface area contributed by atoms with Crippen molar-refractivity contribution < 1.29 is 21.6 Å². The van der Waals surface area contributed by atoms with Crippen LogP contribution in [0.2, 0.25) is 0 Å². The lowest BCUT2D eigenvalue weighted by Gasteiger charge is -2.27. The summed E-state index contributed by atoms with van der Waals surface area (Å²) in [4.78, 5) is 0.0257. The Balaban J connectivity index is 1.96. The van der Waals surface area contributed by atoms with Crippen molar-refractivity contribution in [1.82, 2.24) is 4.31 Å². The Kier molecular flexibility index (Phi) is 6.09. The zero-order valence-corrected chi connectivity index (χ0v) is 17.5. The molecule has 0 aromatic heterocycles. The first-order valence-electron chi connectivity index (χ1n) is 9.01. The highest BCUT2D eigenvalue weighted by Crippen LogP contribution is 2.28. The van der Waals surface area contributed by atoms with Crippen LogP contribution in [-0.4, -0.2) is 47.4 Å². The van der Waals surface area contributed by atoms with Crippen molar-refractivity contribution in [2.24, 2.45) is 0 Å². The van der Waals surface area contributed by atoms with Gasteiger partial charge in [-0.2, -0.15) is 4.31 Å². The molecular formula is C19H24N2O5S2. The number of para-hydroxylation sites is 1. The highest BCUT2D eigenvalue weighted by molar-refractivity contribution is 7.93. The van der Waals surface area contributed by atoms with E-state index in [-0.39, 0.29) is 34.5 Å². The molecule has 0 unspecified atom stereocenters. The minimum absolute atomic E-state index is 0.0314. The fraction of sp³-hybridized carbons (Fsp3) is 0.368. The third-order valence-electron chi connectivity index (χ3n) is 4.55. The number of anilines is 1. The molecule has 1 aliphatic heterocycles. The molecule has 0 aliphatic carbocycles. The van der Waals surface area contributed by atoms with Crippen LogP contribution < -0.4 is 4.72 Å². The fourth-order valence-electron chi connectivity index (χ4n) is 2.95. The fourth-order valence-corrected chi connectivity index (χ4v) is 5.70. The van der Waals surface area contributed by atoms with Crippen molar-refractivity contribution in [3.05, 3.63) is 54.1 Å². The lowest BCUT2D eigenvalue weighted by atomic mass is 10.0. The summed E-state index contributed by atoms with van der Waals surface area (Å²) in [5.41, 5.74) is 0.918. The highest BCUT2D eigenvalue weighted by atomic mass is 32.2. The van der Waals surface area contributed by atoms with Crippen LogP contribution in [0.3, 0.4) is 0 Å². The van der Waals surface area contributed by atoms with Gasteiger partial charge in [0.05, 0.1) is 23.8 Å². The van der Waals surface area contributed by atoms with Gasteiger partial charge in [0.15, 0.2) is 0 Å². The van der Waals surface area contributed by atoms with Gasteiger partial charge >= 0.3 is 0 Å². The Hall–Kier alpha value is -1.94. The summed E-state index contributed by atoms with van der Waals surface area (Å²) in [5.74, 6) is 0.170. The Bertz CT molecular complexity index is 1040. The van der Waals surface area contributed by atoms with Crippen LogP contribution in [0.1, 0.15) is 25.3 Å². The summed E-state index contributed by atoms with van der Waals surface area (Å²) in [6.45, 7) is 5.05. The van der Waals surface area contributed by atoms with E-state index in [1.807, 2.05) is 19.9 Å². The SMILES string of the molecule is CC(C)c1cccc(S(=O)(=O)Nc2ccccc2S(=O)(=O)N2CCOCC2)c1. The number of morpholine rings is 1. The molecule has 0 bridgehead atoms. The molecule has 0 amide bonds. The summed E-state index contributed by atoms with van der Waals surface area (Å²) in [7, 11) is -7.78. The molecule has 0 spiro atoms. The molecule has 9 heteroatoms. The molecule has 152 valence electrons. The second-order valence-corrected chi connectivity index (χ2v) is 10.4. The Morgan fingerprint density at radius 1 is 0.964 bits per heavy atom. The Morgan fingerprint density at radius 2 is 1.64 bits per heavy atom. The third kappa shape index (κ3) is 4.38. The molecule has 0 atom stereocenters. The molecule has 1 saturated heterocycles. The smallest absolute Gasteiger partial charge is 0.261 e. The van der Waals surface area contributed by atoms with E-state index in [4.69, 9.17) is 4.74 Å². The largest absolute Gasteiger partial charge is 0.379 e. The number of hydrogen-bond donors (Lipinski definition) is 1. The average Bonchev–Trinajstić information content (AvgIpc) is 2.69. The summed E-state index contributed by atoms with van der Waals surface area (Å²) >= 11 is 0. The molecule has 28 heavy (non-hydrogen) atoms. The predicted molar refractivity (Wildman–Crippen MR) is 107 cm³/mol. The van der Waals surface area contributed by atoms with Gasteiger partial charge in [-0.25, -0.2) is 16.8 Å². The molecule has 1 fully saturated rings. The maximum absolute atomic E-state index is 13.0. The van der Waals surface area contributed by atoms with Crippen LogP contribution >= 0.6 is 0 Å². The van der Waals surface area contributed by atoms with Crippen molar-refractivity contribution in [2.75, 3.05) is 31.0 Å². The summed E-state index contributed by atoms with van der Waals surface area (Å²) < 4.78 is 60.8. The molecule has 3 rings (SSSR count). The second-order valence-electron chi connectivity index (χ2n) is 6.85. The van der Waals surface area contributed by atoms with Crippen molar-refractivity contribution in [3.63, 3.8) is 0 Å². The maximum atomic E-state index is 13.0. The minimum atomic E-state index is -3.94. The van der Waals surface area contributed by atoms with Gasteiger partial charge in [0.1, 0.15) is 4.90 Å². The molecule has 0 saturated carbocycles. The Morgan fingerprint density at radius 3 is 2.32 bits per heavy atom. The molecule has 2 aromatic rings. The van der Waals surface area contributed by atoms with Gasteiger partial charge in [0.25, 0.3) is 10.0 Å². The van der Waals surface area contributed by atoms with Gasteiger partial charge in [-0.15, -0.1) is 0 Å². The number of nitrogens with one attached hydrogen (secondary N) is 1. The molecule has 1 heterocycles. The first-order valence-corrected chi connectivity index (χ1v) is 11.9. The van der Waals surface area contributed by atoms with E-state index >= 15 is 0 Å². The van der Waals surface area contributed by atoms with E-state index in [2.05, 4.69) is 4.72 Å². The molecule has 1 N–H and O–H groups in total. The number of nitrogens with zero attached hydrogens (tertiary/aromatic N) is 1. The first-order chi connectivity index (χ1) is 13.2. The zero-order chi connectivity index (χ0) is 20.4. The van der Waals surface area contributed by atoms with E-state index in [0.29, 0.717) is 13.2 Å². The second kappa shape index (κ2) is 8.20. The van der Waals surface area contributed by atoms with E-state index in [0.717, 1.165) is 5.56 Å². The van der Waals surface area contributed by atoms with E-state index in [9.17, 15) is 16.8 Å². The van der Waals surface area contributed by atoms with Crippen LogP contribution in [-0.2, 0) is 24.8 Å². The minimum Gasteiger partial charge on any atom is -0.379 e. The van der Waals surface area contributed by atoms with E-state index < -0.39 is 20.0 Å². The lowest BCUT2D eigenvalue weighted by molar-refractivity contribution is 0.0730. The van der Waals surface area contributed by atoms with Crippen LogP contribution in [0.25, 0.3) is 0 Å². The number of rotatable bonds is 6. The summed E-state index contributed by atoms with van der Waals surface area (Å²) in [6.07, 6.45) is 0. The van der Waals surface area contributed by atoms with Crippen LogP contribution in [0, 0.1) is 0 Å². The number of benzene rings is 2. The molecule has 0 radical (unpaired) electrons. The molecular weight excluding hydrogens is 400 g/mol.